The average Bonchev–Trinajstić information content (AvgIpc) is 3.29. The minimum absolute atomic E-state index is 0.0128. The fraction of sp³-hybridized carbons (Fsp3) is 0.412. The molecule has 0 saturated heterocycles. The van der Waals surface area contributed by atoms with Crippen molar-refractivity contribution in [3.63, 3.8) is 0 Å². The van der Waals surface area contributed by atoms with Gasteiger partial charge in [0.05, 0.1) is 10.9 Å². The van der Waals surface area contributed by atoms with Gasteiger partial charge in [0.1, 0.15) is 0 Å². The van der Waals surface area contributed by atoms with E-state index in [1.54, 1.807) is 17.4 Å². The zero-order chi connectivity index (χ0) is 17.9. The maximum Gasteiger partial charge on any atom is 0.240 e. The van der Waals surface area contributed by atoms with Gasteiger partial charge < -0.3 is 9.47 Å². The Hall–Kier alpha value is -1.61. The predicted octanol–water partition coefficient (Wildman–Crippen LogP) is 2.84. The number of sulfonamides is 1. The van der Waals surface area contributed by atoms with Crippen molar-refractivity contribution >= 4 is 21.4 Å². The van der Waals surface area contributed by atoms with Crippen LogP contribution in [0.25, 0.3) is 0 Å². The first-order chi connectivity index (χ1) is 12.0. The molecule has 3 rings (SSSR count). The molecule has 1 unspecified atom stereocenters. The summed E-state index contributed by atoms with van der Waals surface area (Å²) in [6.45, 7) is 6.30. The zero-order valence-corrected chi connectivity index (χ0v) is 15.9. The van der Waals surface area contributed by atoms with Gasteiger partial charge in [-0.2, -0.15) is 0 Å². The van der Waals surface area contributed by atoms with Crippen molar-refractivity contribution in [2.24, 2.45) is 0 Å². The van der Waals surface area contributed by atoms with Crippen molar-refractivity contribution in [3.8, 4) is 11.5 Å². The number of thiophene rings is 1. The van der Waals surface area contributed by atoms with Crippen LogP contribution in [-0.2, 0) is 10.0 Å². The van der Waals surface area contributed by atoms with Crippen molar-refractivity contribution in [2.45, 2.75) is 24.8 Å². The monoisotopic (exact) mass is 382 g/mol. The summed E-state index contributed by atoms with van der Waals surface area (Å²) >= 11 is 1.64. The first-order valence-electron chi connectivity index (χ1n) is 8.22. The molecule has 1 aromatic heterocycles. The van der Waals surface area contributed by atoms with Crippen LogP contribution in [0.5, 0.6) is 11.5 Å². The van der Waals surface area contributed by atoms with Gasteiger partial charge in [-0.15, -0.1) is 11.3 Å². The molecule has 0 aliphatic carbocycles. The highest BCUT2D eigenvalue weighted by Crippen LogP contribution is 2.34. The maximum atomic E-state index is 12.7. The minimum atomic E-state index is -3.63. The molecule has 0 amide bonds. The van der Waals surface area contributed by atoms with Gasteiger partial charge >= 0.3 is 0 Å². The molecule has 8 heteroatoms. The third-order valence-electron chi connectivity index (χ3n) is 4.25. The van der Waals surface area contributed by atoms with Gasteiger partial charge in [-0.3, -0.25) is 4.90 Å². The van der Waals surface area contributed by atoms with Gasteiger partial charge in [0, 0.05) is 17.5 Å². The number of nitrogens with one attached hydrogen (secondary N) is 1. The van der Waals surface area contributed by atoms with E-state index in [0.717, 1.165) is 18.0 Å². The summed E-state index contributed by atoms with van der Waals surface area (Å²) in [5.41, 5.74) is 0. The molecule has 2 aromatic rings. The molecule has 1 atom stereocenters. The molecule has 0 radical (unpaired) electrons. The van der Waals surface area contributed by atoms with E-state index >= 15 is 0 Å². The predicted molar refractivity (Wildman–Crippen MR) is 97.7 cm³/mol. The number of hydrogen-bond donors (Lipinski definition) is 1. The van der Waals surface area contributed by atoms with E-state index in [4.69, 9.17) is 9.47 Å². The summed E-state index contributed by atoms with van der Waals surface area (Å²) in [4.78, 5) is 3.58. The standard InChI is InChI=1S/C17H22N2O4S2/c1-3-19(4-2)14(17-6-5-9-24-17)11-18-25(20,21)13-7-8-15-16(10-13)23-12-22-15/h5-10,14,18H,3-4,11-12H2,1-2H3. The third-order valence-corrected chi connectivity index (χ3v) is 6.64. The first kappa shape index (κ1) is 18.2. The molecule has 1 aromatic carbocycles. The van der Waals surface area contributed by atoms with Crippen molar-refractivity contribution in [2.75, 3.05) is 26.4 Å². The Morgan fingerprint density at radius 1 is 1.20 bits per heavy atom. The first-order valence-corrected chi connectivity index (χ1v) is 10.6. The van der Waals surface area contributed by atoms with Crippen molar-refractivity contribution in [1.82, 2.24) is 9.62 Å². The van der Waals surface area contributed by atoms with E-state index in [1.165, 1.54) is 12.1 Å². The molecule has 0 saturated carbocycles. The summed E-state index contributed by atoms with van der Waals surface area (Å²) in [6.07, 6.45) is 0. The highest BCUT2D eigenvalue weighted by molar-refractivity contribution is 7.89. The molecule has 6 nitrogen and oxygen atoms in total. The second-order valence-corrected chi connectivity index (χ2v) is 8.37. The van der Waals surface area contributed by atoms with E-state index in [2.05, 4.69) is 23.5 Å². The van der Waals surface area contributed by atoms with Gasteiger partial charge in [0.25, 0.3) is 0 Å². The molecule has 25 heavy (non-hydrogen) atoms. The van der Waals surface area contributed by atoms with Crippen LogP contribution in [0.15, 0.2) is 40.6 Å². The molecule has 136 valence electrons. The van der Waals surface area contributed by atoms with E-state index in [9.17, 15) is 8.42 Å². The van der Waals surface area contributed by atoms with Gasteiger partial charge in [-0.25, -0.2) is 13.1 Å². The number of likely N-dealkylation sites (N-methyl/N-ethyl adjacent to an activating group) is 1. The SMILES string of the molecule is CCN(CC)C(CNS(=O)(=O)c1ccc2c(c1)OCO2)c1cccs1. The lowest BCUT2D eigenvalue weighted by Crippen LogP contribution is -2.37. The molecule has 0 bridgehead atoms. The van der Waals surface area contributed by atoms with Crippen LogP contribution < -0.4 is 14.2 Å². The largest absolute Gasteiger partial charge is 0.454 e. The van der Waals surface area contributed by atoms with Gasteiger partial charge in [0.15, 0.2) is 11.5 Å². The van der Waals surface area contributed by atoms with Crippen LogP contribution in [0.4, 0.5) is 0 Å². The number of nitrogens with zero attached hydrogens (tertiary/aromatic N) is 1. The smallest absolute Gasteiger partial charge is 0.240 e. The van der Waals surface area contributed by atoms with Crippen LogP contribution in [0.3, 0.4) is 0 Å². The topological polar surface area (TPSA) is 67.9 Å². The summed E-state index contributed by atoms with van der Waals surface area (Å²) in [5.74, 6) is 1.03. The second kappa shape index (κ2) is 7.74. The summed E-state index contributed by atoms with van der Waals surface area (Å²) < 4.78 is 38.6. The molecular weight excluding hydrogens is 360 g/mol. The van der Waals surface area contributed by atoms with Crippen LogP contribution in [-0.4, -0.2) is 39.7 Å². The lowest BCUT2D eigenvalue weighted by molar-refractivity contribution is 0.174. The number of rotatable bonds is 8. The fourth-order valence-corrected chi connectivity index (χ4v) is 4.79. The quantitative estimate of drug-likeness (QED) is 0.760. The van der Waals surface area contributed by atoms with Crippen molar-refractivity contribution in [1.29, 1.82) is 0 Å². The van der Waals surface area contributed by atoms with Crippen LogP contribution in [0.1, 0.15) is 24.8 Å². The van der Waals surface area contributed by atoms with Crippen LogP contribution >= 0.6 is 11.3 Å². The Kier molecular flexibility index (Phi) is 5.63. The Bertz CT molecular complexity index is 802. The second-order valence-electron chi connectivity index (χ2n) is 5.62. The van der Waals surface area contributed by atoms with Crippen LogP contribution in [0.2, 0.25) is 0 Å². The number of fused-ring (bicyclic) bond motifs is 1. The number of benzene rings is 1. The molecular formula is C17H22N2O4S2. The molecule has 0 fully saturated rings. The third kappa shape index (κ3) is 3.98. The number of hydrogen-bond acceptors (Lipinski definition) is 6. The highest BCUT2D eigenvalue weighted by atomic mass is 32.2. The maximum absolute atomic E-state index is 12.7. The molecule has 1 aliphatic heterocycles. The van der Waals surface area contributed by atoms with Gasteiger partial charge in [-0.05, 0) is 36.7 Å². The summed E-state index contributed by atoms with van der Waals surface area (Å²) in [7, 11) is -3.63. The fourth-order valence-electron chi connectivity index (χ4n) is 2.87. The number of ether oxygens (including phenoxy) is 2. The van der Waals surface area contributed by atoms with Crippen molar-refractivity contribution < 1.29 is 17.9 Å². The summed E-state index contributed by atoms with van der Waals surface area (Å²) in [6, 6.07) is 8.71. The lowest BCUT2D eigenvalue weighted by Gasteiger charge is -2.29. The van der Waals surface area contributed by atoms with Gasteiger partial charge in [-0.1, -0.05) is 19.9 Å². The van der Waals surface area contributed by atoms with E-state index in [-0.39, 0.29) is 17.7 Å². The summed E-state index contributed by atoms with van der Waals surface area (Å²) in [5, 5.41) is 2.01. The lowest BCUT2D eigenvalue weighted by atomic mass is 10.2. The Balaban J connectivity index is 1.77. The molecule has 2 heterocycles. The van der Waals surface area contributed by atoms with E-state index in [0.29, 0.717) is 18.0 Å². The molecule has 1 aliphatic rings. The normalized spacial score (nSPS) is 14.8. The Morgan fingerprint density at radius 2 is 1.96 bits per heavy atom. The molecule has 0 spiro atoms. The zero-order valence-electron chi connectivity index (χ0n) is 14.3. The van der Waals surface area contributed by atoms with E-state index < -0.39 is 10.0 Å². The van der Waals surface area contributed by atoms with Crippen LogP contribution in [0, 0.1) is 0 Å². The van der Waals surface area contributed by atoms with Gasteiger partial charge in [0.2, 0.25) is 16.8 Å². The Labute approximate surface area is 152 Å². The average molecular weight is 383 g/mol. The van der Waals surface area contributed by atoms with E-state index in [1.807, 2.05) is 17.5 Å². The minimum Gasteiger partial charge on any atom is -0.454 e. The Morgan fingerprint density at radius 3 is 2.64 bits per heavy atom. The molecule has 1 N–H and O–H groups in total. The van der Waals surface area contributed by atoms with Crippen molar-refractivity contribution in [3.05, 3.63) is 40.6 Å². The highest BCUT2D eigenvalue weighted by Gasteiger charge is 2.24.